The van der Waals surface area contributed by atoms with Crippen LogP contribution in [0.25, 0.3) is 0 Å². The van der Waals surface area contributed by atoms with Gasteiger partial charge in [-0.15, -0.1) is 6.58 Å². The van der Waals surface area contributed by atoms with E-state index >= 15 is 0 Å². The highest BCUT2D eigenvalue weighted by molar-refractivity contribution is 6.03. The number of amides is 2. The third kappa shape index (κ3) is 4.04. The van der Waals surface area contributed by atoms with Gasteiger partial charge in [0.1, 0.15) is 5.69 Å². The molecule has 1 aromatic heterocycles. The third-order valence-electron chi connectivity index (χ3n) is 5.54. The van der Waals surface area contributed by atoms with E-state index in [0.717, 1.165) is 43.7 Å². The number of imidazole rings is 1. The minimum Gasteiger partial charge on any atom is -0.372 e. The minimum atomic E-state index is -0.287. The van der Waals surface area contributed by atoms with Gasteiger partial charge >= 0.3 is 0 Å². The highest BCUT2D eigenvalue weighted by atomic mass is 16.2. The second-order valence-corrected chi connectivity index (χ2v) is 7.53. The molecule has 0 spiro atoms. The molecule has 0 saturated carbocycles. The normalized spacial score (nSPS) is 15.7. The zero-order chi connectivity index (χ0) is 20.2. The summed E-state index contributed by atoms with van der Waals surface area (Å²) in [5.74, 6) is -0.249. The van der Waals surface area contributed by atoms with Crippen LogP contribution in [-0.4, -0.2) is 41.0 Å². The largest absolute Gasteiger partial charge is 0.372 e. The Kier molecular flexibility index (Phi) is 5.64. The van der Waals surface area contributed by atoms with E-state index < -0.39 is 0 Å². The van der Waals surface area contributed by atoms with Crippen molar-refractivity contribution in [2.45, 2.75) is 38.6 Å². The zero-order valence-electron chi connectivity index (χ0n) is 16.6. The lowest BCUT2D eigenvalue weighted by Crippen LogP contribution is -2.25. The van der Waals surface area contributed by atoms with Gasteiger partial charge in [-0.3, -0.25) is 9.59 Å². The first-order valence-electron chi connectivity index (χ1n) is 10.3. The molecule has 2 aromatic rings. The molecule has 1 fully saturated rings. The number of nitrogens with zero attached hydrogens (tertiary/aromatic N) is 3. The summed E-state index contributed by atoms with van der Waals surface area (Å²) in [5.41, 5.74) is 3.09. The summed E-state index contributed by atoms with van der Waals surface area (Å²) in [7, 11) is 0. The highest BCUT2D eigenvalue weighted by Gasteiger charge is 2.27. The van der Waals surface area contributed by atoms with Crippen molar-refractivity contribution in [3.05, 3.63) is 54.1 Å². The number of hydrogen-bond acceptors (Lipinski definition) is 4. The van der Waals surface area contributed by atoms with Gasteiger partial charge in [0.25, 0.3) is 11.8 Å². The van der Waals surface area contributed by atoms with Gasteiger partial charge in [0.05, 0.1) is 5.69 Å². The molecule has 7 nitrogen and oxygen atoms in total. The molecular formula is C22H27N5O2. The van der Waals surface area contributed by atoms with Gasteiger partial charge in [-0.1, -0.05) is 6.08 Å². The fourth-order valence-corrected chi connectivity index (χ4v) is 4.06. The molecule has 2 N–H and O–H groups in total. The van der Waals surface area contributed by atoms with Crippen molar-refractivity contribution >= 4 is 23.2 Å². The van der Waals surface area contributed by atoms with Gasteiger partial charge in [0, 0.05) is 37.6 Å². The van der Waals surface area contributed by atoms with Crippen LogP contribution in [0.3, 0.4) is 0 Å². The molecule has 0 bridgehead atoms. The van der Waals surface area contributed by atoms with E-state index in [2.05, 4.69) is 27.1 Å². The molecule has 152 valence electrons. The van der Waals surface area contributed by atoms with E-state index in [4.69, 9.17) is 0 Å². The summed E-state index contributed by atoms with van der Waals surface area (Å²) in [6, 6.07) is 7.92. The second kappa shape index (κ2) is 8.51. The van der Waals surface area contributed by atoms with E-state index in [-0.39, 0.29) is 11.8 Å². The van der Waals surface area contributed by atoms with Crippen LogP contribution in [0.2, 0.25) is 0 Å². The molecule has 1 saturated heterocycles. The number of hydrogen-bond donors (Lipinski definition) is 2. The van der Waals surface area contributed by atoms with Crippen molar-refractivity contribution < 1.29 is 9.59 Å². The maximum atomic E-state index is 12.9. The van der Waals surface area contributed by atoms with Gasteiger partial charge in [-0.05, 0) is 56.4 Å². The van der Waals surface area contributed by atoms with Crippen LogP contribution >= 0.6 is 0 Å². The number of rotatable bonds is 6. The van der Waals surface area contributed by atoms with E-state index in [9.17, 15) is 9.59 Å². The lowest BCUT2D eigenvalue weighted by molar-refractivity contribution is 0.0952. The van der Waals surface area contributed by atoms with Gasteiger partial charge in [0.15, 0.2) is 5.82 Å². The molecule has 4 rings (SSSR count). The van der Waals surface area contributed by atoms with Gasteiger partial charge in [-0.25, -0.2) is 4.98 Å². The Morgan fingerprint density at radius 3 is 2.48 bits per heavy atom. The van der Waals surface area contributed by atoms with E-state index in [1.54, 1.807) is 6.08 Å². The fourth-order valence-electron chi connectivity index (χ4n) is 4.06. The number of nitrogens with one attached hydrogen (secondary N) is 2. The summed E-state index contributed by atoms with van der Waals surface area (Å²) in [5, 5.41) is 5.70. The first kappa shape index (κ1) is 19.2. The maximum absolute atomic E-state index is 12.9. The number of benzene rings is 1. The van der Waals surface area contributed by atoms with Crippen LogP contribution in [0.1, 0.15) is 52.5 Å². The summed E-state index contributed by atoms with van der Waals surface area (Å²) in [4.78, 5) is 32.2. The molecule has 0 unspecified atom stereocenters. The number of anilines is 2. The SMILES string of the molecule is C=CCNC(=O)c1nc(C(=O)Nc2ccc(N3CCCC3)cc2)n2c1CCCC2. The van der Waals surface area contributed by atoms with E-state index in [0.29, 0.717) is 24.6 Å². The Morgan fingerprint density at radius 2 is 1.76 bits per heavy atom. The lowest BCUT2D eigenvalue weighted by Gasteiger charge is -2.18. The van der Waals surface area contributed by atoms with Gasteiger partial charge < -0.3 is 20.1 Å². The summed E-state index contributed by atoms with van der Waals surface area (Å²) < 4.78 is 1.89. The predicted octanol–water partition coefficient (Wildman–Crippen LogP) is 2.99. The maximum Gasteiger partial charge on any atom is 0.291 e. The Morgan fingerprint density at radius 1 is 1.03 bits per heavy atom. The van der Waals surface area contributed by atoms with Crippen molar-refractivity contribution in [3.63, 3.8) is 0 Å². The first-order chi connectivity index (χ1) is 14.2. The van der Waals surface area contributed by atoms with E-state index in [1.165, 1.54) is 18.5 Å². The Bertz CT molecular complexity index is 910. The number of carbonyl (C=O) groups is 2. The number of fused-ring (bicyclic) bond motifs is 1. The molecule has 29 heavy (non-hydrogen) atoms. The molecule has 1 aromatic carbocycles. The van der Waals surface area contributed by atoms with Crippen molar-refractivity contribution in [1.82, 2.24) is 14.9 Å². The molecule has 2 amide bonds. The van der Waals surface area contributed by atoms with Crippen LogP contribution in [0.15, 0.2) is 36.9 Å². The van der Waals surface area contributed by atoms with Crippen LogP contribution in [0.4, 0.5) is 11.4 Å². The Hall–Kier alpha value is -3.09. The Labute approximate surface area is 170 Å². The molecule has 0 radical (unpaired) electrons. The molecule has 2 aliphatic rings. The lowest BCUT2D eigenvalue weighted by atomic mass is 10.1. The molecular weight excluding hydrogens is 366 g/mol. The average Bonchev–Trinajstić information content (AvgIpc) is 3.41. The van der Waals surface area contributed by atoms with Gasteiger partial charge in [-0.2, -0.15) is 0 Å². The van der Waals surface area contributed by atoms with E-state index in [1.807, 2.05) is 28.8 Å². The van der Waals surface area contributed by atoms with Crippen LogP contribution < -0.4 is 15.5 Å². The molecule has 2 aliphatic heterocycles. The van der Waals surface area contributed by atoms with Crippen LogP contribution in [0.5, 0.6) is 0 Å². The topological polar surface area (TPSA) is 79.3 Å². The number of aromatic nitrogens is 2. The monoisotopic (exact) mass is 393 g/mol. The molecule has 0 atom stereocenters. The number of carbonyl (C=O) groups excluding carboxylic acids is 2. The van der Waals surface area contributed by atoms with Crippen molar-refractivity contribution in [2.75, 3.05) is 29.9 Å². The molecule has 0 aliphatic carbocycles. The highest BCUT2D eigenvalue weighted by Crippen LogP contribution is 2.24. The van der Waals surface area contributed by atoms with Crippen molar-refractivity contribution in [1.29, 1.82) is 0 Å². The summed E-state index contributed by atoms with van der Waals surface area (Å²) >= 11 is 0. The van der Waals surface area contributed by atoms with Crippen molar-refractivity contribution in [3.8, 4) is 0 Å². The smallest absolute Gasteiger partial charge is 0.291 e. The minimum absolute atomic E-state index is 0.260. The first-order valence-corrected chi connectivity index (χ1v) is 10.3. The average molecular weight is 393 g/mol. The van der Waals surface area contributed by atoms with Gasteiger partial charge in [0.2, 0.25) is 0 Å². The fraction of sp³-hybridized carbons (Fsp3) is 0.409. The van der Waals surface area contributed by atoms with Crippen molar-refractivity contribution in [2.24, 2.45) is 0 Å². The molecule has 3 heterocycles. The summed E-state index contributed by atoms with van der Waals surface area (Å²) in [6.07, 6.45) is 6.80. The quantitative estimate of drug-likeness (QED) is 0.740. The zero-order valence-corrected chi connectivity index (χ0v) is 16.6. The van der Waals surface area contributed by atoms with Crippen LogP contribution in [-0.2, 0) is 13.0 Å². The second-order valence-electron chi connectivity index (χ2n) is 7.53. The standard InChI is InChI=1S/C22H27N5O2/c1-2-12-23-21(28)19-18-7-3-4-15-27(18)20(25-19)22(29)24-16-8-10-17(11-9-16)26-13-5-6-14-26/h2,8-11H,1,3-7,12-15H2,(H,23,28)(H,24,29). The van der Waals surface area contributed by atoms with Crippen LogP contribution in [0, 0.1) is 0 Å². The summed E-state index contributed by atoms with van der Waals surface area (Å²) in [6.45, 7) is 6.86. The predicted molar refractivity (Wildman–Crippen MR) is 114 cm³/mol. The molecule has 7 heteroatoms. The Balaban J connectivity index is 1.52. The third-order valence-corrected chi connectivity index (χ3v) is 5.54.